The lowest BCUT2D eigenvalue weighted by Crippen LogP contribution is -2.31. The second-order valence-electron chi connectivity index (χ2n) is 3.91. The summed E-state index contributed by atoms with van der Waals surface area (Å²) in [4.78, 5) is 0. The van der Waals surface area contributed by atoms with E-state index in [0.717, 1.165) is 13.0 Å². The molecule has 15 heavy (non-hydrogen) atoms. The first kappa shape index (κ1) is 10.6. The molecule has 1 aliphatic rings. The molecule has 0 spiro atoms. The van der Waals surface area contributed by atoms with Crippen LogP contribution in [-0.4, -0.2) is 19.2 Å². The maximum Gasteiger partial charge on any atom is 0.129 e. The average molecular weight is 209 g/mol. The second-order valence-corrected chi connectivity index (χ2v) is 3.91. The highest BCUT2D eigenvalue weighted by Crippen LogP contribution is 2.25. The van der Waals surface area contributed by atoms with Gasteiger partial charge in [0.25, 0.3) is 0 Å². The quantitative estimate of drug-likeness (QED) is 0.766. The number of halogens is 1. The molecule has 1 N–H and O–H groups in total. The van der Waals surface area contributed by atoms with E-state index in [1.807, 2.05) is 13.0 Å². The summed E-state index contributed by atoms with van der Waals surface area (Å²) in [5.41, 5.74) is 0.652. The SMILES string of the molecule is CC1NCCCOC1c1ccccc1F. The molecule has 0 bridgehead atoms. The van der Waals surface area contributed by atoms with Gasteiger partial charge in [-0.15, -0.1) is 0 Å². The van der Waals surface area contributed by atoms with Gasteiger partial charge in [-0.05, 0) is 26.0 Å². The van der Waals surface area contributed by atoms with Crippen molar-refractivity contribution in [1.29, 1.82) is 0 Å². The van der Waals surface area contributed by atoms with Crippen molar-refractivity contribution in [3.8, 4) is 0 Å². The monoisotopic (exact) mass is 209 g/mol. The van der Waals surface area contributed by atoms with Crippen LogP contribution in [0.3, 0.4) is 0 Å². The van der Waals surface area contributed by atoms with Crippen LogP contribution >= 0.6 is 0 Å². The topological polar surface area (TPSA) is 21.3 Å². The van der Waals surface area contributed by atoms with Gasteiger partial charge in [0, 0.05) is 18.2 Å². The van der Waals surface area contributed by atoms with Crippen LogP contribution in [0.5, 0.6) is 0 Å². The molecule has 2 nitrogen and oxygen atoms in total. The Morgan fingerprint density at radius 1 is 1.40 bits per heavy atom. The lowest BCUT2D eigenvalue weighted by Gasteiger charge is -2.22. The van der Waals surface area contributed by atoms with Gasteiger partial charge >= 0.3 is 0 Å². The fraction of sp³-hybridized carbons (Fsp3) is 0.500. The largest absolute Gasteiger partial charge is 0.372 e. The maximum absolute atomic E-state index is 13.6. The summed E-state index contributed by atoms with van der Waals surface area (Å²) in [6.45, 7) is 3.66. The Bertz CT molecular complexity index is 329. The number of hydrogen-bond donors (Lipinski definition) is 1. The molecule has 1 aliphatic heterocycles. The first-order valence-electron chi connectivity index (χ1n) is 5.38. The molecular formula is C12H16FNO. The lowest BCUT2D eigenvalue weighted by atomic mass is 10.0. The number of rotatable bonds is 1. The van der Waals surface area contributed by atoms with Crippen LogP contribution in [0.15, 0.2) is 24.3 Å². The van der Waals surface area contributed by atoms with Gasteiger partial charge in [0.2, 0.25) is 0 Å². The van der Waals surface area contributed by atoms with Gasteiger partial charge in [0.15, 0.2) is 0 Å². The zero-order valence-corrected chi connectivity index (χ0v) is 8.87. The minimum atomic E-state index is -0.182. The van der Waals surface area contributed by atoms with Crippen molar-refractivity contribution >= 4 is 0 Å². The molecule has 2 unspecified atom stereocenters. The van der Waals surface area contributed by atoms with Crippen molar-refractivity contribution < 1.29 is 9.13 Å². The van der Waals surface area contributed by atoms with E-state index in [9.17, 15) is 4.39 Å². The first-order valence-corrected chi connectivity index (χ1v) is 5.38. The van der Waals surface area contributed by atoms with E-state index in [1.165, 1.54) is 6.07 Å². The second kappa shape index (κ2) is 4.73. The van der Waals surface area contributed by atoms with Gasteiger partial charge in [0.05, 0.1) is 0 Å². The van der Waals surface area contributed by atoms with E-state index in [4.69, 9.17) is 4.74 Å². The summed E-state index contributed by atoms with van der Waals surface area (Å²) in [6.07, 6.45) is 0.809. The molecule has 1 heterocycles. The van der Waals surface area contributed by atoms with Crippen molar-refractivity contribution in [3.05, 3.63) is 35.6 Å². The highest BCUT2D eigenvalue weighted by atomic mass is 19.1. The van der Waals surface area contributed by atoms with Crippen molar-refractivity contribution in [2.75, 3.05) is 13.2 Å². The fourth-order valence-electron chi connectivity index (χ4n) is 1.93. The third-order valence-electron chi connectivity index (χ3n) is 2.75. The third-order valence-corrected chi connectivity index (χ3v) is 2.75. The molecule has 1 aromatic carbocycles. The molecule has 0 amide bonds. The van der Waals surface area contributed by atoms with Gasteiger partial charge in [-0.25, -0.2) is 4.39 Å². The molecule has 2 atom stereocenters. The number of benzene rings is 1. The third kappa shape index (κ3) is 2.36. The number of hydrogen-bond acceptors (Lipinski definition) is 2. The fourth-order valence-corrected chi connectivity index (χ4v) is 1.93. The van der Waals surface area contributed by atoms with Gasteiger partial charge in [-0.2, -0.15) is 0 Å². The van der Waals surface area contributed by atoms with Crippen molar-refractivity contribution in [2.24, 2.45) is 0 Å². The number of nitrogens with one attached hydrogen (secondary N) is 1. The molecule has 0 radical (unpaired) electrons. The van der Waals surface area contributed by atoms with Crippen LogP contribution in [0.4, 0.5) is 4.39 Å². The van der Waals surface area contributed by atoms with Crippen molar-refractivity contribution in [2.45, 2.75) is 25.5 Å². The molecule has 0 aromatic heterocycles. The molecule has 0 saturated carbocycles. The summed E-state index contributed by atoms with van der Waals surface area (Å²) in [6, 6.07) is 6.98. The van der Waals surface area contributed by atoms with E-state index in [1.54, 1.807) is 12.1 Å². The van der Waals surface area contributed by atoms with E-state index >= 15 is 0 Å². The minimum absolute atomic E-state index is 0.157. The maximum atomic E-state index is 13.6. The van der Waals surface area contributed by atoms with Gasteiger partial charge in [-0.3, -0.25) is 0 Å². The zero-order chi connectivity index (χ0) is 10.7. The van der Waals surface area contributed by atoms with Crippen LogP contribution in [0.1, 0.15) is 25.0 Å². The van der Waals surface area contributed by atoms with E-state index in [0.29, 0.717) is 12.2 Å². The Kier molecular flexibility index (Phi) is 3.34. The highest BCUT2D eigenvalue weighted by Gasteiger charge is 2.24. The van der Waals surface area contributed by atoms with Gasteiger partial charge < -0.3 is 10.1 Å². The molecule has 1 aromatic rings. The highest BCUT2D eigenvalue weighted by molar-refractivity contribution is 5.21. The minimum Gasteiger partial charge on any atom is -0.372 e. The first-order chi connectivity index (χ1) is 7.29. The summed E-state index contributed by atoms with van der Waals surface area (Å²) in [5, 5.41) is 3.33. The molecular weight excluding hydrogens is 193 g/mol. The van der Waals surface area contributed by atoms with E-state index in [2.05, 4.69) is 5.32 Å². The predicted molar refractivity (Wildman–Crippen MR) is 57.2 cm³/mol. The summed E-state index contributed by atoms with van der Waals surface area (Å²) < 4.78 is 19.3. The molecule has 3 heteroatoms. The smallest absolute Gasteiger partial charge is 0.129 e. The molecule has 1 saturated heterocycles. The summed E-state index contributed by atoms with van der Waals surface area (Å²) in [5.74, 6) is -0.182. The van der Waals surface area contributed by atoms with Crippen molar-refractivity contribution in [1.82, 2.24) is 5.32 Å². The Morgan fingerprint density at radius 2 is 2.20 bits per heavy atom. The van der Waals surface area contributed by atoms with Crippen LogP contribution in [0.2, 0.25) is 0 Å². The molecule has 1 fully saturated rings. The van der Waals surface area contributed by atoms with Crippen molar-refractivity contribution in [3.63, 3.8) is 0 Å². The standard InChI is InChI=1S/C12H16FNO/c1-9-12(15-8-4-7-14-9)10-5-2-3-6-11(10)13/h2-3,5-6,9,12,14H,4,7-8H2,1H3. The predicted octanol–water partition coefficient (Wildman–Crippen LogP) is 2.27. The van der Waals surface area contributed by atoms with Crippen LogP contribution in [0.25, 0.3) is 0 Å². The number of ether oxygens (including phenoxy) is 1. The van der Waals surface area contributed by atoms with Gasteiger partial charge in [-0.1, -0.05) is 18.2 Å². The zero-order valence-electron chi connectivity index (χ0n) is 8.87. The lowest BCUT2D eigenvalue weighted by molar-refractivity contribution is 0.0437. The summed E-state index contributed by atoms with van der Waals surface area (Å²) >= 11 is 0. The van der Waals surface area contributed by atoms with Gasteiger partial charge in [0.1, 0.15) is 11.9 Å². The Balaban J connectivity index is 2.24. The molecule has 82 valence electrons. The molecule has 2 rings (SSSR count). The van der Waals surface area contributed by atoms with Crippen LogP contribution < -0.4 is 5.32 Å². The van der Waals surface area contributed by atoms with E-state index < -0.39 is 0 Å². The van der Waals surface area contributed by atoms with Crippen LogP contribution in [-0.2, 0) is 4.74 Å². The Morgan fingerprint density at radius 3 is 3.00 bits per heavy atom. The van der Waals surface area contributed by atoms with Crippen LogP contribution in [0, 0.1) is 5.82 Å². The summed E-state index contributed by atoms with van der Waals surface area (Å²) in [7, 11) is 0. The van der Waals surface area contributed by atoms with E-state index in [-0.39, 0.29) is 18.0 Å². The average Bonchev–Trinajstić information content (AvgIpc) is 2.44. The normalized spacial score (nSPS) is 27.3. The Hall–Kier alpha value is -0.930. The Labute approximate surface area is 89.4 Å². The molecule has 0 aliphatic carbocycles.